The first-order valence-electron chi connectivity index (χ1n) is 0. The number of hydrogen-bond donors (Lipinski definition) is 0. The average Bonchev–Trinajstić information content (AvgIpc) is 0. The summed E-state index contributed by atoms with van der Waals surface area (Å²) >= 11 is 0. The zero-order valence-corrected chi connectivity index (χ0v) is 2.76. The van der Waals surface area contributed by atoms with Crippen molar-refractivity contribution in [3.63, 3.8) is 0 Å². The van der Waals surface area contributed by atoms with E-state index < -0.39 is 0 Å². The van der Waals surface area contributed by atoms with Gasteiger partial charge in [0.15, 0.2) is 17.4 Å². The van der Waals surface area contributed by atoms with Gasteiger partial charge in [-0.3, -0.25) is 0 Å². The Morgan fingerprint density at radius 2 is 1.00 bits per heavy atom. The Hall–Kier alpha value is 1.76. The standard InChI is InChI=1S/Al.Fe.Ni.H4Si.3H/h;;;1H4;;;. The van der Waals surface area contributed by atoms with Crippen LogP contribution in [0.1, 0.15) is 0 Å². The first kappa shape index (κ1) is 42.1. The van der Waals surface area contributed by atoms with Gasteiger partial charge >= 0.3 is 0 Å². The molecule has 0 nitrogen and oxygen atoms in total. The SMILES string of the molecule is [AlH3].[Fe].[Ni].[SiH4]. The summed E-state index contributed by atoms with van der Waals surface area (Å²) in [5.41, 5.74) is 0. The first-order valence-corrected chi connectivity index (χ1v) is 0. The minimum Gasteiger partial charge on any atom is -0.0149 e. The van der Waals surface area contributed by atoms with Crippen molar-refractivity contribution in [1.29, 1.82) is 0 Å². The molecule has 0 aromatic heterocycles. The van der Waals surface area contributed by atoms with E-state index in [2.05, 4.69) is 0 Å². The number of hydrogen-bond acceptors (Lipinski definition) is 0. The summed E-state index contributed by atoms with van der Waals surface area (Å²) in [6.45, 7) is 0. The van der Waals surface area contributed by atoms with Gasteiger partial charge < -0.3 is 0 Å². The van der Waals surface area contributed by atoms with Crippen LogP contribution in [0.15, 0.2) is 0 Å². The predicted octanol–water partition coefficient (Wildman–Crippen LogP) is -2.64. The van der Waals surface area contributed by atoms with Crippen molar-refractivity contribution in [2.24, 2.45) is 0 Å². The van der Waals surface area contributed by atoms with Crippen LogP contribution in [0.4, 0.5) is 0 Å². The monoisotopic (exact) mass is 176 g/mol. The van der Waals surface area contributed by atoms with Crippen LogP contribution in [-0.4, -0.2) is 28.3 Å². The Morgan fingerprint density at radius 3 is 1.00 bits per heavy atom. The molecule has 0 saturated heterocycles. The van der Waals surface area contributed by atoms with Gasteiger partial charge in [-0.2, -0.15) is 0 Å². The molecule has 0 N–H and O–H groups in total. The molecular formula is H7AlFeNiSi. The summed E-state index contributed by atoms with van der Waals surface area (Å²) in [5, 5.41) is 0. The Bertz CT molecular complexity index is 8.00. The Morgan fingerprint density at radius 1 is 1.00 bits per heavy atom. The predicted molar refractivity (Wildman–Crippen MR) is 21.3 cm³/mol. The normalized spacial score (nSPS) is 0. The van der Waals surface area contributed by atoms with Crippen molar-refractivity contribution in [3.8, 4) is 0 Å². The van der Waals surface area contributed by atoms with Crippen LogP contribution in [-0.2, 0) is 33.6 Å². The van der Waals surface area contributed by atoms with E-state index in [1.807, 2.05) is 0 Å². The van der Waals surface area contributed by atoms with Crippen LogP contribution in [0.25, 0.3) is 0 Å². The van der Waals surface area contributed by atoms with Gasteiger partial charge in [0, 0.05) is 33.6 Å². The van der Waals surface area contributed by atoms with Gasteiger partial charge in [0.1, 0.15) is 0 Å². The van der Waals surface area contributed by atoms with E-state index in [9.17, 15) is 0 Å². The second-order valence-electron chi connectivity index (χ2n) is 0. The minimum atomic E-state index is 0. The summed E-state index contributed by atoms with van der Waals surface area (Å²) in [6, 6.07) is 0. The molecule has 0 unspecified atom stereocenters. The summed E-state index contributed by atoms with van der Waals surface area (Å²) in [4.78, 5) is 0. The van der Waals surface area contributed by atoms with E-state index in [1.54, 1.807) is 0 Å². The van der Waals surface area contributed by atoms with Crippen LogP contribution in [0, 0.1) is 0 Å². The molecule has 0 aromatic rings. The zero-order chi connectivity index (χ0) is 0. The molecule has 0 aliphatic carbocycles. The van der Waals surface area contributed by atoms with Crippen molar-refractivity contribution in [2.45, 2.75) is 0 Å². The van der Waals surface area contributed by atoms with Crippen LogP contribution in [0.3, 0.4) is 0 Å². The second kappa shape index (κ2) is 21.7. The van der Waals surface area contributed by atoms with E-state index in [4.69, 9.17) is 0 Å². The van der Waals surface area contributed by atoms with E-state index in [0.717, 1.165) is 0 Å². The van der Waals surface area contributed by atoms with Gasteiger partial charge in [-0.1, -0.05) is 0 Å². The van der Waals surface area contributed by atoms with Gasteiger partial charge in [0.2, 0.25) is 0 Å². The maximum atomic E-state index is 0. The fraction of sp³-hybridized carbons (Fsp3) is 0. The van der Waals surface area contributed by atoms with E-state index in [-0.39, 0.29) is 61.9 Å². The molecule has 0 radical (unpaired) electrons. The third-order valence-corrected chi connectivity index (χ3v) is 0. The first-order chi connectivity index (χ1) is 0. The van der Waals surface area contributed by atoms with Crippen LogP contribution >= 0.6 is 0 Å². The third-order valence-electron chi connectivity index (χ3n) is 0. The Kier molecular flexibility index (Phi) is 228. The van der Waals surface area contributed by atoms with Gasteiger partial charge in [0.05, 0.1) is 0 Å². The zero-order valence-electron chi connectivity index (χ0n) is 0.670. The molecule has 4 heteroatoms. The Labute approximate surface area is 61.7 Å². The summed E-state index contributed by atoms with van der Waals surface area (Å²) in [6.07, 6.45) is 0. The molecule has 0 rings (SSSR count). The van der Waals surface area contributed by atoms with E-state index in [1.165, 1.54) is 0 Å². The molecule has 32 valence electrons. The van der Waals surface area contributed by atoms with Crippen molar-refractivity contribution < 1.29 is 33.6 Å². The van der Waals surface area contributed by atoms with E-state index in [0.29, 0.717) is 0 Å². The third kappa shape index (κ3) is 9.24. The summed E-state index contributed by atoms with van der Waals surface area (Å²) < 4.78 is 0. The van der Waals surface area contributed by atoms with Crippen LogP contribution in [0.5, 0.6) is 0 Å². The van der Waals surface area contributed by atoms with E-state index >= 15 is 0 Å². The van der Waals surface area contributed by atoms with Gasteiger partial charge in [-0.25, -0.2) is 0 Å². The maximum Gasteiger partial charge on any atom is 0.187 e. The van der Waals surface area contributed by atoms with Crippen molar-refractivity contribution in [3.05, 3.63) is 0 Å². The van der Waals surface area contributed by atoms with Crippen molar-refractivity contribution in [2.75, 3.05) is 0 Å². The summed E-state index contributed by atoms with van der Waals surface area (Å²) in [7, 11) is 0. The van der Waals surface area contributed by atoms with Crippen LogP contribution < -0.4 is 0 Å². The molecule has 0 aliphatic heterocycles. The largest absolute Gasteiger partial charge is 0.187 e. The smallest absolute Gasteiger partial charge is 0.0149 e. The quantitative estimate of drug-likeness (QED) is 0.354. The van der Waals surface area contributed by atoms with Crippen molar-refractivity contribution in [1.82, 2.24) is 0 Å². The molecule has 4 heavy (non-hydrogen) atoms. The summed E-state index contributed by atoms with van der Waals surface area (Å²) in [5.74, 6) is 0. The molecule has 0 bridgehead atoms. The molecule has 0 atom stereocenters. The molecule has 0 fully saturated rings. The molecular weight excluding hydrogens is 170 g/mol. The Balaban J connectivity index is 0. The van der Waals surface area contributed by atoms with Gasteiger partial charge in [-0.15, -0.1) is 0 Å². The molecule has 0 amide bonds. The molecule has 0 heterocycles. The second-order valence-corrected chi connectivity index (χ2v) is 0. The molecule has 0 saturated carbocycles. The molecule has 0 aromatic carbocycles. The average molecular weight is 177 g/mol. The fourth-order valence-electron chi connectivity index (χ4n) is 0. The maximum absolute atomic E-state index is 0. The van der Waals surface area contributed by atoms with Gasteiger partial charge in [-0.05, 0) is 11.0 Å². The van der Waals surface area contributed by atoms with Crippen molar-refractivity contribution >= 4 is 28.3 Å². The van der Waals surface area contributed by atoms with Crippen LogP contribution in [0.2, 0.25) is 0 Å². The fourth-order valence-corrected chi connectivity index (χ4v) is 0. The topological polar surface area (TPSA) is 0 Å². The number of rotatable bonds is 0. The molecule has 0 aliphatic rings. The molecule has 0 spiro atoms. The van der Waals surface area contributed by atoms with Gasteiger partial charge in [0.25, 0.3) is 0 Å². The minimum absolute atomic E-state index is 0.